The second-order valence-electron chi connectivity index (χ2n) is 9.87. The molecule has 5 N–H and O–H groups in total. The molecule has 0 radical (unpaired) electrons. The largest absolute Gasteiger partial charge is 0.453 e. The van der Waals surface area contributed by atoms with Gasteiger partial charge in [-0.2, -0.15) is 13.2 Å². The van der Waals surface area contributed by atoms with Crippen molar-refractivity contribution in [1.29, 1.82) is 0 Å². The molecule has 2 amide bonds. The van der Waals surface area contributed by atoms with Crippen molar-refractivity contribution >= 4 is 45.5 Å². The lowest BCUT2D eigenvalue weighted by molar-refractivity contribution is -0.137. The third-order valence-electron chi connectivity index (χ3n) is 5.94. The monoisotopic (exact) mass is 605 g/mol. The van der Waals surface area contributed by atoms with Crippen molar-refractivity contribution in [3.63, 3.8) is 0 Å². The number of benzene rings is 2. The normalized spacial score (nSPS) is 11.8. The zero-order valence-electron chi connectivity index (χ0n) is 24.1. The van der Waals surface area contributed by atoms with Gasteiger partial charge in [0.15, 0.2) is 5.13 Å². The Bertz CT molecular complexity index is 1450. The Morgan fingerprint density at radius 3 is 2.48 bits per heavy atom. The van der Waals surface area contributed by atoms with E-state index in [1.807, 2.05) is 34.9 Å². The summed E-state index contributed by atoms with van der Waals surface area (Å²) in [4.78, 5) is 31.4. The molecule has 3 rings (SSSR count). The van der Waals surface area contributed by atoms with Gasteiger partial charge in [0.05, 0.1) is 28.9 Å². The van der Waals surface area contributed by atoms with Crippen LogP contribution in [-0.4, -0.2) is 49.1 Å². The Kier molecular flexibility index (Phi) is 10.5. The van der Waals surface area contributed by atoms with Crippen molar-refractivity contribution in [2.45, 2.75) is 39.5 Å². The number of nitrogens with zero attached hydrogens (tertiary/aromatic N) is 3. The quantitative estimate of drug-likeness (QED) is 0.173. The van der Waals surface area contributed by atoms with Crippen LogP contribution in [0.15, 0.2) is 48.8 Å². The van der Waals surface area contributed by atoms with E-state index in [0.717, 1.165) is 17.7 Å². The highest BCUT2D eigenvalue weighted by Gasteiger charge is 2.31. The van der Waals surface area contributed by atoms with Gasteiger partial charge in [0.1, 0.15) is 0 Å². The van der Waals surface area contributed by atoms with Gasteiger partial charge in [-0.15, -0.1) is 0 Å². The Labute approximate surface area is 246 Å². The number of methoxy groups -OCH3 is 1. The van der Waals surface area contributed by atoms with Crippen molar-refractivity contribution < 1.29 is 27.5 Å². The van der Waals surface area contributed by atoms with E-state index in [4.69, 9.17) is 5.84 Å². The maximum absolute atomic E-state index is 13.6. The lowest BCUT2D eigenvalue weighted by atomic mass is 10.1. The van der Waals surface area contributed by atoms with Crippen LogP contribution in [-0.2, 0) is 17.5 Å². The van der Waals surface area contributed by atoms with Crippen LogP contribution in [0, 0.1) is 6.92 Å². The van der Waals surface area contributed by atoms with E-state index in [9.17, 15) is 22.8 Å². The number of hydrogen-bond acceptors (Lipinski definition) is 9. The number of nitrogens with two attached hydrogens (primary N) is 1. The molecular formula is C28H34F3N7O3S. The number of hydrazine groups is 1. The van der Waals surface area contributed by atoms with E-state index in [1.54, 1.807) is 35.5 Å². The molecule has 0 aliphatic rings. The minimum Gasteiger partial charge on any atom is -0.453 e. The number of alkyl halides is 3. The number of carbonyl (C=O) groups is 2. The highest BCUT2D eigenvalue weighted by molar-refractivity contribution is 7.16. The predicted molar refractivity (Wildman–Crippen MR) is 159 cm³/mol. The summed E-state index contributed by atoms with van der Waals surface area (Å²) in [5.41, 5.74) is 1.67. The molecule has 42 heavy (non-hydrogen) atoms. The Morgan fingerprint density at radius 2 is 1.86 bits per heavy atom. The van der Waals surface area contributed by atoms with Crippen LogP contribution in [0.1, 0.15) is 45.8 Å². The molecule has 226 valence electrons. The number of amides is 2. The number of aromatic nitrogens is 1. The van der Waals surface area contributed by atoms with E-state index < -0.39 is 23.7 Å². The summed E-state index contributed by atoms with van der Waals surface area (Å²) in [6, 6.07) is 8.38. The van der Waals surface area contributed by atoms with Gasteiger partial charge in [-0.05, 0) is 48.4 Å². The molecule has 0 saturated carbocycles. The minimum absolute atomic E-state index is 0.0264. The maximum atomic E-state index is 13.6. The summed E-state index contributed by atoms with van der Waals surface area (Å²) in [7, 11) is 4.87. The number of aryl methyl sites for hydroxylation is 1. The van der Waals surface area contributed by atoms with Gasteiger partial charge in [0, 0.05) is 50.3 Å². The lowest BCUT2D eigenvalue weighted by Crippen LogP contribution is -2.28. The fourth-order valence-corrected chi connectivity index (χ4v) is 4.67. The smallest absolute Gasteiger partial charge is 0.416 e. The highest BCUT2D eigenvalue weighted by Crippen LogP contribution is 2.33. The number of carbonyl (C=O) groups excluding carboxylic acids is 2. The molecule has 0 atom stereocenters. The number of ether oxygens (including phenoxy) is 1. The molecule has 1 heterocycles. The van der Waals surface area contributed by atoms with Crippen LogP contribution in [0.2, 0.25) is 0 Å². The van der Waals surface area contributed by atoms with Crippen LogP contribution < -0.4 is 26.8 Å². The summed E-state index contributed by atoms with van der Waals surface area (Å²) in [6.45, 7) is 5.80. The van der Waals surface area contributed by atoms with Crippen molar-refractivity contribution in [2.24, 2.45) is 5.84 Å². The molecule has 14 heteroatoms. The van der Waals surface area contributed by atoms with Gasteiger partial charge < -0.3 is 20.3 Å². The number of rotatable bonds is 10. The molecule has 10 nitrogen and oxygen atoms in total. The van der Waals surface area contributed by atoms with Gasteiger partial charge in [-0.1, -0.05) is 31.3 Å². The SMILES string of the molecule is COC(=O)Nc1ncc(/C(=C/N(N)c2cc(C(=O)Nc3cc(CNC(C)C)cc(C(F)(F)F)c3)ccc2C)N(C)C)s1. The van der Waals surface area contributed by atoms with E-state index in [1.165, 1.54) is 29.5 Å². The summed E-state index contributed by atoms with van der Waals surface area (Å²) in [5, 5.41) is 9.87. The first-order chi connectivity index (χ1) is 19.7. The molecule has 0 fully saturated rings. The standard InChI is InChI=1S/C28H34F3N7O3S/c1-16(2)33-13-18-9-20(28(29,30)31)12-21(10-18)35-25(39)19-8-7-17(3)22(11-19)38(32)15-23(37(4)5)24-14-34-26(42-24)36-27(40)41-6/h7-12,14-16,33H,13,32H2,1-6H3,(H,35,39)(H,34,36,40)/b23-15-. The molecule has 1 aromatic heterocycles. The van der Waals surface area contributed by atoms with Crippen LogP contribution in [0.5, 0.6) is 0 Å². The van der Waals surface area contributed by atoms with Gasteiger partial charge in [0.25, 0.3) is 5.91 Å². The van der Waals surface area contributed by atoms with E-state index in [-0.39, 0.29) is 23.8 Å². The number of anilines is 3. The van der Waals surface area contributed by atoms with Gasteiger partial charge >= 0.3 is 12.3 Å². The van der Waals surface area contributed by atoms with Gasteiger partial charge in [-0.3, -0.25) is 15.1 Å². The number of hydrogen-bond donors (Lipinski definition) is 4. The second-order valence-corrected chi connectivity index (χ2v) is 10.9. The summed E-state index contributed by atoms with van der Waals surface area (Å²) in [6.07, 6.45) is -2.01. The van der Waals surface area contributed by atoms with Crippen LogP contribution in [0.3, 0.4) is 0 Å². The van der Waals surface area contributed by atoms with E-state index in [2.05, 4.69) is 25.7 Å². The average molecular weight is 606 g/mol. The molecule has 0 saturated heterocycles. The van der Waals surface area contributed by atoms with Crippen molar-refractivity contribution in [3.05, 3.63) is 75.9 Å². The molecular weight excluding hydrogens is 571 g/mol. The van der Waals surface area contributed by atoms with Crippen LogP contribution in [0.4, 0.5) is 34.5 Å². The molecule has 0 unspecified atom stereocenters. The van der Waals surface area contributed by atoms with Gasteiger partial charge in [0.2, 0.25) is 0 Å². The fourth-order valence-electron chi connectivity index (χ4n) is 3.77. The van der Waals surface area contributed by atoms with Crippen molar-refractivity contribution in [3.8, 4) is 0 Å². The fraction of sp³-hybridized carbons (Fsp3) is 0.321. The average Bonchev–Trinajstić information content (AvgIpc) is 3.37. The summed E-state index contributed by atoms with van der Waals surface area (Å²) < 4.78 is 45.3. The van der Waals surface area contributed by atoms with Gasteiger partial charge in [-0.25, -0.2) is 15.6 Å². The predicted octanol–water partition coefficient (Wildman–Crippen LogP) is 5.64. The summed E-state index contributed by atoms with van der Waals surface area (Å²) in [5.74, 6) is 5.82. The number of halogens is 3. The number of nitrogens with one attached hydrogen (secondary N) is 3. The molecule has 0 spiro atoms. The lowest BCUT2D eigenvalue weighted by Gasteiger charge is -2.22. The summed E-state index contributed by atoms with van der Waals surface area (Å²) >= 11 is 1.21. The third kappa shape index (κ3) is 8.68. The Hall–Kier alpha value is -4.14. The van der Waals surface area contributed by atoms with Crippen LogP contribution >= 0.6 is 11.3 Å². The Balaban J connectivity index is 1.88. The zero-order valence-corrected chi connectivity index (χ0v) is 24.9. The molecule has 0 aliphatic carbocycles. The molecule has 2 aromatic carbocycles. The van der Waals surface area contributed by atoms with Crippen LogP contribution in [0.25, 0.3) is 5.70 Å². The van der Waals surface area contributed by atoms with E-state index in [0.29, 0.717) is 27.0 Å². The molecule has 0 aliphatic heterocycles. The number of thiazole rings is 1. The zero-order chi connectivity index (χ0) is 31.2. The van der Waals surface area contributed by atoms with Crippen molar-refractivity contribution in [2.75, 3.05) is 36.8 Å². The first-order valence-electron chi connectivity index (χ1n) is 12.8. The molecule has 3 aromatic rings. The maximum Gasteiger partial charge on any atom is 0.416 e. The first kappa shape index (κ1) is 32.4. The van der Waals surface area contributed by atoms with Crippen molar-refractivity contribution in [1.82, 2.24) is 15.2 Å². The Morgan fingerprint density at radius 1 is 1.14 bits per heavy atom. The van der Waals surface area contributed by atoms with E-state index >= 15 is 0 Å². The third-order valence-corrected chi connectivity index (χ3v) is 6.87. The first-order valence-corrected chi connectivity index (χ1v) is 13.6. The second kappa shape index (κ2) is 13.7. The molecule has 0 bridgehead atoms. The highest BCUT2D eigenvalue weighted by atomic mass is 32.1. The topological polar surface area (TPSA) is 125 Å². The minimum atomic E-state index is -4.57.